The third-order valence-corrected chi connectivity index (χ3v) is 2.93. The standard InChI is InChI=1S/C14H17NO/c1-4-10-8-15-9-11-7-12(14(2,3)16)5-6-13(10)11/h5-9,16H,4H2,1-3H3. The highest BCUT2D eigenvalue weighted by atomic mass is 16.3. The molecule has 2 aromatic rings. The summed E-state index contributed by atoms with van der Waals surface area (Å²) in [6.07, 6.45) is 4.74. The predicted molar refractivity (Wildman–Crippen MR) is 66.4 cm³/mol. The summed E-state index contributed by atoms with van der Waals surface area (Å²) < 4.78 is 0. The Labute approximate surface area is 96.0 Å². The molecular formula is C14H17NO. The minimum absolute atomic E-state index is 0.795. The Morgan fingerprint density at radius 1 is 1.25 bits per heavy atom. The summed E-state index contributed by atoms with van der Waals surface area (Å²) in [7, 11) is 0. The average molecular weight is 215 g/mol. The number of benzene rings is 1. The highest BCUT2D eigenvalue weighted by Gasteiger charge is 2.16. The number of aliphatic hydroxyl groups is 1. The normalized spacial score (nSPS) is 12.0. The third kappa shape index (κ3) is 1.93. The molecule has 16 heavy (non-hydrogen) atoms. The van der Waals surface area contributed by atoms with Gasteiger partial charge in [0.25, 0.3) is 0 Å². The van der Waals surface area contributed by atoms with Crippen LogP contribution in [0.2, 0.25) is 0 Å². The molecule has 0 aliphatic rings. The maximum atomic E-state index is 9.95. The summed E-state index contributed by atoms with van der Waals surface area (Å²) >= 11 is 0. The van der Waals surface area contributed by atoms with Crippen LogP contribution in [0.1, 0.15) is 31.9 Å². The van der Waals surface area contributed by atoms with Gasteiger partial charge < -0.3 is 5.11 Å². The number of nitrogens with zero attached hydrogens (tertiary/aromatic N) is 1. The van der Waals surface area contributed by atoms with Crippen LogP contribution in [0.5, 0.6) is 0 Å². The summed E-state index contributed by atoms with van der Waals surface area (Å²) in [6.45, 7) is 5.72. The van der Waals surface area contributed by atoms with Crippen LogP contribution in [-0.4, -0.2) is 10.1 Å². The molecule has 0 radical (unpaired) electrons. The first-order valence-corrected chi connectivity index (χ1v) is 5.62. The number of pyridine rings is 1. The molecule has 0 amide bonds. The quantitative estimate of drug-likeness (QED) is 0.835. The molecule has 2 rings (SSSR count). The van der Waals surface area contributed by atoms with Crippen LogP contribution < -0.4 is 0 Å². The van der Waals surface area contributed by atoms with E-state index in [2.05, 4.69) is 18.0 Å². The Morgan fingerprint density at radius 2 is 2.00 bits per heavy atom. The van der Waals surface area contributed by atoms with E-state index in [0.717, 1.165) is 17.4 Å². The van der Waals surface area contributed by atoms with E-state index in [4.69, 9.17) is 0 Å². The van der Waals surface area contributed by atoms with Gasteiger partial charge >= 0.3 is 0 Å². The van der Waals surface area contributed by atoms with E-state index in [0.29, 0.717) is 0 Å². The molecule has 0 spiro atoms. The fourth-order valence-electron chi connectivity index (χ4n) is 1.90. The highest BCUT2D eigenvalue weighted by molar-refractivity contribution is 5.85. The lowest BCUT2D eigenvalue weighted by Crippen LogP contribution is -2.15. The van der Waals surface area contributed by atoms with Crippen molar-refractivity contribution in [1.82, 2.24) is 4.98 Å². The van der Waals surface area contributed by atoms with Crippen molar-refractivity contribution in [2.24, 2.45) is 0 Å². The van der Waals surface area contributed by atoms with Gasteiger partial charge in [0.05, 0.1) is 5.60 Å². The smallest absolute Gasteiger partial charge is 0.0840 e. The van der Waals surface area contributed by atoms with E-state index in [1.807, 2.05) is 24.5 Å². The first-order chi connectivity index (χ1) is 7.52. The Morgan fingerprint density at radius 3 is 2.62 bits per heavy atom. The van der Waals surface area contributed by atoms with E-state index in [1.165, 1.54) is 10.9 Å². The summed E-state index contributed by atoms with van der Waals surface area (Å²) in [4.78, 5) is 4.23. The van der Waals surface area contributed by atoms with Crippen molar-refractivity contribution < 1.29 is 5.11 Å². The summed E-state index contributed by atoms with van der Waals surface area (Å²) in [6, 6.07) is 6.08. The van der Waals surface area contributed by atoms with Gasteiger partial charge in [-0.25, -0.2) is 0 Å². The Kier molecular flexibility index (Phi) is 2.68. The van der Waals surface area contributed by atoms with E-state index < -0.39 is 5.60 Å². The molecule has 1 aromatic heterocycles. The maximum Gasteiger partial charge on any atom is 0.0840 e. The molecule has 0 atom stereocenters. The topological polar surface area (TPSA) is 33.1 Å². The SMILES string of the molecule is CCc1cncc2cc(C(C)(C)O)ccc12. The number of aromatic nitrogens is 1. The molecule has 1 N–H and O–H groups in total. The number of rotatable bonds is 2. The van der Waals surface area contributed by atoms with Crippen molar-refractivity contribution in [3.63, 3.8) is 0 Å². The molecule has 0 saturated heterocycles. The van der Waals surface area contributed by atoms with Crippen molar-refractivity contribution in [2.75, 3.05) is 0 Å². The zero-order chi connectivity index (χ0) is 11.8. The number of aryl methyl sites for hydroxylation is 1. The average Bonchev–Trinajstić information content (AvgIpc) is 2.26. The summed E-state index contributed by atoms with van der Waals surface area (Å²) in [5.41, 5.74) is 1.38. The molecule has 0 bridgehead atoms. The summed E-state index contributed by atoms with van der Waals surface area (Å²) in [5, 5.41) is 12.3. The second kappa shape index (κ2) is 3.87. The van der Waals surface area contributed by atoms with Crippen LogP contribution in [0, 0.1) is 0 Å². The second-order valence-electron chi connectivity index (χ2n) is 4.65. The number of hydrogen-bond donors (Lipinski definition) is 1. The van der Waals surface area contributed by atoms with Crippen LogP contribution in [-0.2, 0) is 12.0 Å². The molecular weight excluding hydrogens is 198 g/mol. The highest BCUT2D eigenvalue weighted by Crippen LogP contribution is 2.25. The molecule has 0 fully saturated rings. The molecule has 84 valence electrons. The van der Waals surface area contributed by atoms with Crippen LogP contribution in [0.15, 0.2) is 30.6 Å². The Balaban J connectivity index is 2.64. The van der Waals surface area contributed by atoms with Crippen molar-refractivity contribution >= 4 is 10.8 Å². The Bertz CT molecular complexity index is 512. The zero-order valence-electron chi connectivity index (χ0n) is 9.99. The number of fused-ring (bicyclic) bond motifs is 1. The largest absolute Gasteiger partial charge is 0.386 e. The minimum atomic E-state index is -0.795. The van der Waals surface area contributed by atoms with Gasteiger partial charge in [-0.15, -0.1) is 0 Å². The molecule has 1 heterocycles. The maximum absolute atomic E-state index is 9.95. The van der Waals surface area contributed by atoms with Crippen LogP contribution in [0.3, 0.4) is 0 Å². The fourth-order valence-corrected chi connectivity index (χ4v) is 1.90. The summed E-state index contributed by atoms with van der Waals surface area (Å²) in [5.74, 6) is 0. The van der Waals surface area contributed by atoms with Crippen molar-refractivity contribution in [3.8, 4) is 0 Å². The van der Waals surface area contributed by atoms with Gasteiger partial charge in [0.2, 0.25) is 0 Å². The van der Waals surface area contributed by atoms with Crippen molar-refractivity contribution in [1.29, 1.82) is 0 Å². The first-order valence-electron chi connectivity index (χ1n) is 5.62. The molecule has 0 aliphatic heterocycles. The van der Waals surface area contributed by atoms with Gasteiger partial charge in [0, 0.05) is 17.8 Å². The van der Waals surface area contributed by atoms with Gasteiger partial charge in [0.15, 0.2) is 0 Å². The van der Waals surface area contributed by atoms with E-state index in [1.54, 1.807) is 13.8 Å². The lowest BCUT2D eigenvalue weighted by Gasteiger charge is -2.18. The van der Waals surface area contributed by atoms with Gasteiger partial charge in [-0.05, 0) is 42.8 Å². The van der Waals surface area contributed by atoms with Gasteiger partial charge in [-0.3, -0.25) is 4.98 Å². The van der Waals surface area contributed by atoms with E-state index >= 15 is 0 Å². The lowest BCUT2D eigenvalue weighted by molar-refractivity contribution is 0.0787. The van der Waals surface area contributed by atoms with E-state index in [-0.39, 0.29) is 0 Å². The van der Waals surface area contributed by atoms with Gasteiger partial charge in [-0.1, -0.05) is 19.1 Å². The first kappa shape index (κ1) is 11.1. The van der Waals surface area contributed by atoms with E-state index in [9.17, 15) is 5.11 Å². The second-order valence-corrected chi connectivity index (χ2v) is 4.65. The fraction of sp³-hybridized carbons (Fsp3) is 0.357. The third-order valence-electron chi connectivity index (χ3n) is 2.93. The van der Waals surface area contributed by atoms with Crippen LogP contribution in [0.25, 0.3) is 10.8 Å². The molecule has 0 saturated carbocycles. The van der Waals surface area contributed by atoms with Gasteiger partial charge in [-0.2, -0.15) is 0 Å². The molecule has 2 nitrogen and oxygen atoms in total. The minimum Gasteiger partial charge on any atom is -0.386 e. The molecule has 1 aromatic carbocycles. The zero-order valence-corrected chi connectivity index (χ0v) is 9.99. The monoisotopic (exact) mass is 215 g/mol. The van der Waals surface area contributed by atoms with Crippen LogP contribution in [0.4, 0.5) is 0 Å². The molecule has 0 unspecified atom stereocenters. The Hall–Kier alpha value is -1.41. The van der Waals surface area contributed by atoms with Crippen LogP contribution >= 0.6 is 0 Å². The predicted octanol–water partition coefficient (Wildman–Crippen LogP) is 3.02. The molecule has 2 heteroatoms. The number of hydrogen-bond acceptors (Lipinski definition) is 2. The lowest BCUT2D eigenvalue weighted by atomic mass is 9.95. The van der Waals surface area contributed by atoms with Gasteiger partial charge in [0.1, 0.15) is 0 Å². The van der Waals surface area contributed by atoms with Crippen molar-refractivity contribution in [3.05, 3.63) is 41.7 Å². The van der Waals surface area contributed by atoms with Crippen molar-refractivity contribution in [2.45, 2.75) is 32.8 Å². The molecule has 0 aliphatic carbocycles.